The summed E-state index contributed by atoms with van der Waals surface area (Å²) in [5.41, 5.74) is 0.949. The van der Waals surface area contributed by atoms with Crippen molar-refractivity contribution in [3.05, 3.63) is 42.0 Å². The van der Waals surface area contributed by atoms with E-state index in [0.717, 1.165) is 0 Å². The Morgan fingerprint density at radius 1 is 1.50 bits per heavy atom. The molecular weight excluding hydrogens is 183 g/mol. The Labute approximate surface area is 82.0 Å². The molecule has 74 valence electrons. The van der Waals surface area contributed by atoms with E-state index >= 15 is 0 Å². The zero-order valence-electron chi connectivity index (χ0n) is 7.92. The second-order valence-corrected chi connectivity index (χ2v) is 2.81. The number of methoxy groups -OCH3 is 1. The smallest absolute Gasteiger partial charge is 0.310 e. The molecule has 0 heterocycles. The molecule has 2 nitrogen and oxygen atoms in total. The molecule has 0 N–H and O–H groups in total. The van der Waals surface area contributed by atoms with Crippen LogP contribution in [0.25, 0.3) is 5.83 Å². The number of benzene rings is 1. The number of hydrogen-bond donors (Lipinski definition) is 0. The van der Waals surface area contributed by atoms with Crippen LogP contribution in [0.4, 0.5) is 4.39 Å². The van der Waals surface area contributed by atoms with Crippen molar-refractivity contribution in [1.82, 2.24) is 0 Å². The van der Waals surface area contributed by atoms with E-state index in [4.69, 9.17) is 0 Å². The van der Waals surface area contributed by atoms with E-state index in [-0.39, 0.29) is 6.42 Å². The fourth-order valence-corrected chi connectivity index (χ4v) is 1.17. The van der Waals surface area contributed by atoms with Gasteiger partial charge < -0.3 is 4.74 Å². The Kier molecular flexibility index (Phi) is 3.40. The van der Waals surface area contributed by atoms with Crippen molar-refractivity contribution in [2.24, 2.45) is 0 Å². The fourth-order valence-electron chi connectivity index (χ4n) is 1.17. The maximum absolute atomic E-state index is 12.9. The number of rotatable bonds is 3. The van der Waals surface area contributed by atoms with Crippen LogP contribution in [0, 0.1) is 0 Å². The summed E-state index contributed by atoms with van der Waals surface area (Å²) >= 11 is 0. The van der Waals surface area contributed by atoms with Gasteiger partial charge in [0.15, 0.2) is 0 Å². The summed E-state index contributed by atoms with van der Waals surface area (Å²) < 4.78 is 17.4. The summed E-state index contributed by atoms with van der Waals surface area (Å²) in [5, 5.41) is 0. The van der Waals surface area contributed by atoms with Gasteiger partial charge in [0.2, 0.25) is 0 Å². The van der Waals surface area contributed by atoms with Crippen molar-refractivity contribution < 1.29 is 13.9 Å². The van der Waals surface area contributed by atoms with Crippen LogP contribution in [0.5, 0.6) is 0 Å². The molecule has 0 spiro atoms. The molecule has 0 aliphatic heterocycles. The molecule has 0 bridgehead atoms. The minimum Gasteiger partial charge on any atom is -0.469 e. The number of ether oxygens (including phenoxy) is 1. The molecule has 1 aromatic rings. The summed E-state index contributed by atoms with van der Waals surface area (Å²) in [5.74, 6) is -0.928. The maximum atomic E-state index is 12.9. The molecule has 0 aliphatic rings. The van der Waals surface area contributed by atoms with Gasteiger partial charge in [0, 0.05) is 5.56 Å². The van der Waals surface area contributed by atoms with Gasteiger partial charge in [-0.15, -0.1) is 0 Å². The zero-order chi connectivity index (χ0) is 10.6. The van der Waals surface area contributed by atoms with Gasteiger partial charge in [0.1, 0.15) is 5.83 Å². The average Bonchev–Trinajstić information content (AvgIpc) is 2.18. The predicted molar refractivity (Wildman–Crippen MR) is 52.3 cm³/mol. The third-order valence-corrected chi connectivity index (χ3v) is 1.87. The average molecular weight is 194 g/mol. The fraction of sp³-hybridized carbons (Fsp3) is 0.182. The topological polar surface area (TPSA) is 26.3 Å². The summed E-state index contributed by atoms with van der Waals surface area (Å²) in [6, 6.07) is 6.70. The van der Waals surface area contributed by atoms with Gasteiger partial charge in [0.05, 0.1) is 13.5 Å². The van der Waals surface area contributed by atoms with Crippen molar-refractivity contribution >= 4 is 11.8 Å². The molecule has 1 rings (SSSR count). The van der Waals surface area contributed by atoms with Crippen LogP contribution in [0.3, 0.4) is 0 Å². The summed E-state index contributed by atoms with van der Waals surface area (Å²) in [6.07, 6.45) is 0.0651. The monoisotopic (exact) mass is 194 g/mol. The molecule has 0 saturated heterocycles. The van der Waals surface area contributed by atoms with Crippen molar-refractivity contribution in [1.29, 1.82) is 0 Å². The van der Waals surface area contributed by atoms with Gasteiger partial charge in [-0.3, -0.25) is 4.79 Å². The number of carbonyl (C=O) groups excluding carboxylic acids is 1. The summed E-state index contributed by atoms with van der Waals surface area (Å²) in [4.78, 5) is 11.0. The third-order valence-electron chi connectivity index (χ3n) is 1.87. The molecule has 0 radical (unpaired) electrons. The third kappa shape index (κ3) is 2.42. The van der Waals surface area contributed by atoms with Gasteiger partial charge in [-0.25, -0.2) is 4.39 Å². The molecule has 0 unspecified atom stereocenters. The van der Waals surface area contributed by atoms with E-state index in [9.17, 15) is 9.18 Å². The lowest BCUT2D eigenvalue weighted by Crippen LogP contribution is -2.05. The number of carbonyl (C=O) groups is 1. The van der Waals surface area contributed by atoms with Crippen LogP contribution >= 0.6 is 0 Å². The first kappa shape index (κ1) is 10.4. The Hall–Kier alpha value is -1.64. The summed E-state index contributed by atoms with van der Waals surface area (Å²) in [7, 11) is 1.30. The van der Waals surface area contributed by atoms with Crippen LogP contribution in [-0.4, -0.2) is 13.1 Å². The molecule has 0 aliphatic carbocycles. The highest BCUT2D eigenvalue weighted by Gasteiger charge is 2.09. The molecule has 0 atom stereocenters. The SMILES string of the molecule is C=C(F)c1ccccc1CC(=O)OC. The second kappa shape index (κ2) is 4.56. The highest BCUT2D eigenvalue weighted by Crippen LogP contribution is 2.19. The lowest BCUT2D eigenvalue weighted by Gasteiger charge is -2.05. The van der Waals surface area contributed by atoms with Crippen LogP contribution in [0.15, 0.2) is 30.8 Å². The maximum Gasteiger partial charge on any atom is 0.310 e. The van der Waals surface area contributed by atoms with Crippen LogP contribution in [0.1, 0.15) is 11.1 Å². The van der Waals surface area contributed by atoms with E-state index in [1.165, 1.54) is 7.11 Å². The van der Waals surface area contributed by atoms with Crippen molar-refractivity contribution in [2.45, 2.75) is 6.42 Å². The first-order chi connectivity index (χ1) is 6.65. The number of hydrogen-bond acceptors (Lipinski definition) is 2. The Morgan fingerprint density at radius 3 is 2.71 bits per heavy atom. The van der Waals surface area contributed by atoms with Crippen molar-refractivity contribution in [2.75, 3.05) is 7.11 Å². The van der Waals surface area contributed by atoms with Crippen molar-refractivity contribution in [3.63, 3.8) is 0 Å². The van der Waals surface area contributed by atoms with Gasteiger partial charge >= 0.3 is 5.97 Å². The Morgan fingerprint density at radius 2 is 2.14 bits per heavy atom. The van der Waals surface area contributed by atoms with E-state index in [1.54, 1.807) is 24.3 Å². The zero-order valence-corrected chi connectivity index (χ0v) is 7.92. The second-order valence-electron chi connectivity index (χ2n) is 2.81. The minimum absolute atomic E-state index is 0.0651. The van der Waals surface area contributed by atoms with Crippen molar-refractivity contribution in [3.8, 4) is 0 Å². The molecule has 0 saturated carbocycles. The number of halogens is 1. The Balaban J connectivity index is 2.95. The highest BCUT2D eigenvalue weighted by molar-refractivity contribution is 5.75. The van der Waals surface area contributed by atoms with Gasteiger partial charge in [-0.2, -0.15) is 0 Å². The van der Waals surface area contributed by atoms with E-state index in [1.807, 2.05) is 0 Å². The lowest BCUT2D eigenvalue weighted by atomic mass is 10.0. The summed E-state index contributed by atoms with van der Waals surface area (Å²) in [6.45, 7) is 3.20. The molecule has 14 heavy (non-hydrogen) atoms. The van der Waals surface area contributed by atoms with Gasteiger partial charge in [0.25, 0.3) is 0 Å². The number of esters is 1. The first-order valence-corrected chi connectivity index (χ1v) is 4.14. The largest absolute Gasteiger partial charge is 0.469 e. The van der Waals surface area contributed by atoms with Gasteiger partial charge in [-0.05, 0) is 5.56 Å². The minimum atomic E-state index is -0.537. The molecule has 3 heteroatoms. The molecular formula is C11H11FO2. The first-order valence-electron chi connectivity index (χ1n) is 4.14. The Bertz CT molecular complexity index is 358. The quantitative estimate of drug-likeness (QED) is 0.690. The highest BCUT2D eigenvalue weighted by atomic mass is 19.1. The predicted octanol–water partition coefficient (Wildman–Crippen LogP) is 2.34. The molecule has 0 amide bonds. The molecule has 0 aromatic heterocycles. The van der Waals surface area contributed by atoms with Crippen LogP contribution in [0.2, 0.25) is 0 Å². The van der Waals surface area contributed by atoms with Crippen LogP contribution < -0.4 is 0 Å². The van der Waals surface area contributed by atoms with Gasteiger partial charge in [-0.1, -0.05) is 30.8 Å². The molecule has 1 aromatic carbocycles. The van der Waals surface area contributed by atoms with E-state index < -0.39 is 11.8 Å². The van der Waals surface area contributed by atoms with E-state index in [2.05, 4.69) is 11.3 Å². The van der Waals surface area contributed by atoms with Crippen LogP contribution in [-0.2, 0) is 16.0 Å². The molecule has 0 fully saturated rings. The van der Waals surface area contributed by atoms with E-state index in [0.29, 0.717) is 11.1 Å². The standard InChI is InChI=1S/C11H11FO2/c1-8(12)10-6-4-3-5-9(10)7-11(13)14-2/h3-6H,1,7H2,2H3. The lowest BCUT2D eigenvalue weighted by molar-refractivity contribution is -0.139. The normalized spacial score (nSPS) is 9.57.